The van der Waals surface area contributed by atoms with Crippen molar-refractivity contribution in [1.82, 2.24) is 9.55 Å². The highest BCUT2D eigenvalue weighted by Crippen LogP contribution is 2.45. The predicted molar refractivity (Wildman–Crippen MR) is 87.5 cm³/mol. The smallest absolute Gasteiger partial charge is 0.420 e. The van der Waals surface area contributed by atoms with Gasteiger partial charge in [-0.15, -0.1) is 0 Å². The monoisotopic (exact) mass is 427 g/mol. The van der Waals surface area contributed by atoms with Crippen molar-refractivity contribution in [3.8, 4) is 0 Å². The Morgan fingerprint density at radius 2 is 2.11 bits per heavy atom. The molecule has 0 aliphatic rings. The number of ether oxygens (including phenoxy) is 1. The third-order valence-corrected chi connectivity index (χ3v) is 3.81. The van der Waals surface area contributed by atoms with Crippen LogP contribution in [0.2, 0.25) is 5.28 Å². The first kappa shape index (κ1) is 21.5. The number of allylic oxidation sites excluding steroid dienone is 1. The highest BCUT2D eigenvalue weighted by Gasteiger charge is 2.43. The summed E-state index contributed by atoms with van der Waals surface area (Å²) in [6.07, 6.45) is -6.85. The minimum atomic E-state index is -5.36. The largest absolute Gasteiger partial charge is 0.449 e. The fourth-order valence-electron chi connectivity index (χ4n) is 2.44. The first-order valence-electron chi connectivity index (χ1n) is 7.53. The van der Waals surface area contributed by atoms with Crippen LogP contribution < -0.4 is 0 Å². The fraction of sp³-hybridized carbons (Fsp3) is 0.333. The van der Waals surface area contributed by atoms with Gasteiger partial charge in [0.1, 0.15) is 5.56 Å². The number of benzene rings is 1. The molecule has 7 nitrogen and oxygen atoms in total. The Hall–Kier alpha value is -2.76. The summed E-state index contributed by atoms with van der Waals surface area (Å²) >= 11 is 5.72. The molecule has 1 aromatic heterocycles. The standard InChI is InChI=1S/C15H11ClF5N3O4/c1-2-3-4-5-28-14(25)23-8-6-7(15(19,20)21)9(12(17)18)11(24(26)27)10(8)22-13(23)16/h2-3,6,12H,4-5H2,1H3. The number of carbonyl (C=O) groups is 1. The van der Waals surface area contributed by atoms with Crippen molar-refractivity contribution >= 4 is 34.4 Å². The van der Waals surface area contributed by atoms with Crippen molar-refractivity contribution in [3.63, 3.8) is 0 Å². The minimum absolute atomic E-state index is 0.163. The Morgan fingerprint density at radius 1 is 1.46 bits per heavy atom. The van der Waals surface area contributed by atoms with Gasteiger partial charge in [-0.1, -0.05) is 12.2 Å². The van der Waals surface area contributed by atoms with Gasteiger partial charge in [0.2, 0.25) is 5.28 Å². The topological polar surface area (TPSA) is 87.3 Å². The lowest BCUT2D eigenvalue weighted by atomic mass is 10.0. The van der Waals surface area contributed by atoms with Crippen LogP contribution in [0.4, 0.5) is 32.4 Å². The number of aromatic nitrogens is 2. The molecule has 0 fully saturated rings. The molecule has 0 atom stereocenters. The second kappa shape index (κ2) is 8.09. The van der Waals surface area contributed by atoms with Gasteiger partial charge in [0.15, 0.2) is 5.52 Å². The number of carbonyl (C=O) groups excluding carboxylic acids is 1. The first-order chi connectivity index (χ1) is 13.0. The lowest BCUT2D eigenvalue weighted by molar-refractivity contribution is -0.384. The van der Waals surface area contributed by atoms with Crippen molar-refractivity contribution in [2.75, 3.05) is 6.61 Å². The van der Waals surface area contributed by atoms with Crippen LogP contribution in [-0.2, 0) is 10.9 Å². The summed E-state index contributed by atoms with van der Waals surface area (Å²) in [5, 5.41) is 10.5. The summed E-state index contributed by atoms with van der Waals surface area (Å²) < 4.78 is 71.5. The Bertz CT molecular complexity index is 956. The van der Waals surface area contributed by atoms with E-state index in [1.807, 2.05) is 0 Å². The number of hydrogen-bond donors (Lipinski definition) is 0. The van der Waals surface area contributed by atoms with E-state index in [1.54, 1.807) is 19.1 Å². The van der Waals surface area contributed by atoms with Crippen LogP contribution in [0.1, 0.15) is 30.9 Å². The minimum Gasteiger partial charge on any atom is -0.449 e. The predicted octanol–water partition coefficient (Wildman–Crippen LogP) is 5.51. The molecule has 0 spiro atoms. The Labute approximate surface area is 158 Å². The van der Waals surface area contributed by atoms with Crippen LogP contribution >= 0.6 is 11.6 Å². The van der Waals surface area contributed by atoms with Crippen molar-refractivity contribution < 1.29 is 36.4 Å². The SMILES string of the molecule is CC=CCCOC(=O)n1c(Cl)nc2c([N+](=O)[O-])c(C(F)F)c(C(F)(F)F)cc21. The Morgan fingerprint density at radius 3 is 2.61 bits per heavy atom. The molecule has 0 aliphatic carbocycles. The molecule has 1 aromatic carbocycles. The average Bonchev–Trinajstić information content (AvgIpc) is 2.91. The molecule has 0 saturated carbocycles. The third-order valence-electron chi connectivity index (χ3n) is 3.56. The molecule has 0 bridgehead atoms. The summed E-state index contributed by atoms with van der Waals surface area (Å²) in [5.74, 6) is 0. The number of alkyl halides is 5. The van der Waals surface area contributed by atoms with Gasteiger partial charge in [-0.3, -0.25) is 10.1 Å². The van der Waals surface area contributed by atoms with E-state index in [4.69, 9.17) is 16.3 Å². The Balaban J connectivity index is 2.76. The highest BCUT2D eigenvalue weighted by molar-refractivity contribution is 6.30. The molecule has 0 N–H and O–H groups in total. The van der Waals surface area contributed by atoms with Crippen molar-refractivity contribution in [3.05, 3.63) is 44.7 Å². The lowest BCUT2D eigenvalue weighted by Gasteiger charge is -2.13. The number of imidazole rings is 1. The van der Waals surface area contributed by atoms with E-state index < -0.39 is 56.7 Å². The number of nitro groups is 1. The van der Waals surface area contributed by atoms with Gasteiger partial charge in [0.25, 0.3) is 6.43 Å². The molecule has 0 unspecified atom stereocenters. The van der Waals surface area contributed by atoms with Crippen LogP contribution in [0.25, 0.3) is 11.0 Å². The lowest BCUT2D eigenvalue weighted by Crippen LogP contribution is -2.16. The molecule has 152 valence electrons. The van der Waals surface area contributed by atoms with Crippen LogP contribution in [-0.4, -0.2) is 27.2 Å². The molecular formula is C15H11ClF5N3O4. The number of nitro benzene ring substituents is 1. The molecular weight excluding hydrogens is 417 g/mol. The maximum Gasteiger partial charge on any atom is 0.420 e. The first-order valence-corrected chi connectivity index (χ1v) is 7.91. The zero-order chi connectivity index (χ0) is 21.2. The normalized spacial score (nSPS) is 12.3. The van der Waals surface area contributed by atoms with E-state index >= 15 is 0 Å². The summed E-state index contributed by atoms with van der Waals surface area (Å²) in [6.45, 7) is 1.54. The number of hydrogen-bond acceptors (Lipinski definition) is 5. The summed E-state index contributed by atoms with van der Waals surface area (Å²) in [6, 6.07) is 0.163. The zero-order valence-corrected chi connectivity index (χ0v) is 14.7. The molecule has 0 radical (unpaired) electrons. The number of fused-ring (bicyclic) bond motifs is 1. The van der Waals surface area contributed by atoms with E-state index in [1.165, 1.54) is 0 Å². The average molecular weight is 428 g/mol. The van der Waals surface area contributed by atoms with Crippen molar-refractivity contribution in [2.24, 2.45) is 0 Å². The van der Waals surface area contributed by atoms with Crippen molar-refractivity contribution in [2.45, 2.75) is 25.9 Å². The van der Waals surface area contributed by atoms with Crippen LogP contribution in [0.5, 0.6) is 0 Å². The molecule has 1 heterocycles. The molecule has 2 rings (SSSR count). The van der Waals surface area contributed by atoms with Gasteiger partial charge in [-0.2, -0.15) is 13.2 Å². The number of rotatable bonds is 5. The third kappa shape index (κ3) is 4.06. The zero-order valence-electron chi connectivity index (χ0n) is 14.0. The second-order valence-electron chi connectivity index (χ2n) is 5.30. The van der Waals surface area contributed by atoms with Crippen LogP contribution in [0, 0.1) is 10.1 Å². The highest BCUT2D eigenvalue weighted by atomic mass is 35.5. The molecule has 0 amide bonds. The van der Waals surface area contributed by atoms with E-state index in [2.05, 4.69) is 4.98 Å². The van der Waals surface area contributed by atoms with Crippen LogP contribution in [0.3, 0.4) is 0 Å². The molecule has 0 aliphatic heterocycles. The van der Waals surface area contributed by atoms with Gasteiger partial charge in [0.05, 0.1) is 22.6 Å². The maximum absolute atomic E-state index is 13.3. The van der Waals surface area contributed by atoms with Crippen molar-refractivity contribution in [1.29, 1.82) is 0 Å². The number of halogens is 6. The van der Waals surface area contributed by atoms with Gasteiger partial charge in [-0.05, 0) is 31.0 Å². The fourth-order valence-corrected chi connectivity index (χ4v) is 2.69. The molecule has 0 saturated heterocycles. The summed E-state index contributed by atoms with van der Waals surface area (Å²) in [5.41, 5.74) is -7.07. The van der Waals surface area contributed by atoms with E-state index in [9.17, 15) is 36.9 Å². The number of nitrogens with zero attached hydrogens (tertiary/aromatic N) is 3. The van der Waals surface area contributed by atoms with E-state index in [0.29, 0.717) is 4.57 Å². The van der Waals surface area contributed by atoms with E-state index in [0.717, 1.165) is 0 Å². The van der Waals surface area contributed by atoms with Gasteiger partial charge < -0.3 is 4.74 Å². The molecule has 28 heavy (non-hydrogen) atoms. The van der Waals surface area contributed by atoms with Crippen LogP contribution in [0.15, 0.2) is 18.2 Å². The Kier molecular flexibility index (Phi) is 6.22. The van der Waals surface area contributed by atoms with Gasteiger partial charge in [-0.25, -0.2) is 23.1 Å². The molecule has 2 aromatic rings. The van der Waals surface area contributed by atoms with Gasteiger partial charge >= 0.3 is 18.0 Å². The second-order valence-corrected chi connectivity index (χ2v) is 5.64. The molecule has 13 heteroatoms. The quantitative estimate of drug-likeness (QED) is 0.206. The maximum atomic E-state index is 13.3. The summed E-state index contributed by atoms with van der Waals surface area (Å²) in [7, 11) is 0. The van der Waals surface area contributed by atoms with E-state index in [-0.39, 0.29) is 19.1 Å². The van der Waals surface area contributed by atoms with Gasteiger partial charge in [0, 0.05) is 0 Å². The summed E-state index contributed by atoms with van der Waals surface area (Å²) in [4.78, 5) is 25.4.